The summed E-state index contributed by atoms with van der Waals surface area (Å²) in [6.07, 6.45) is 4.85. The average molecular weight is 283 g/mol. The molecule has 1 aromatic heterocycles. The van der Waals surface area contributed by atoms with Crippen LogP contribution in [0.1, 0.15) is 42.6 Å². The largest absolute Gasteiger partial charge is 0.388 e. The van der Waals surface area contributed by atoms with Gasteiger partial charge < -0.3 is 4.74 Å². The molecule has 0 atom stereocenters. The smallest absolute Gasteiger partial charge is 0.364 e. The van der Waals surface area contributed by atoms with Crippen LogP contribution in [0.2, 0.25) is 0 Å². The third kappa shape index (κ3) is 3.10. The Labute approximate surface area is 123 Å². The number of hydrogen-bond donors (Lipinski definition) is 0. The summed E-state index contributed by atoms with van der Waals surface area (Å²) >= 11 is 0. The fourth-order valence-electron chi connectivity index (χ4n) is 2.74. The zero-order valence-electron chi connectivity index (χ0n) is 11.7. The second-order valence-corrected chi connectivity index (χ2v) is 5.43. The van der Waals surface area contributed by atoms with Gasteiger partial charge in [0, 0.05) is 5.39 Å². The lowest BCUT2D eigenvalue weighted by Gasteiger charge is -2.19. The van der Waals surface area contributed by atoms with Gasteiger partial charge in [0.25, 0.3) is 0 Å². The van der Waals surface area contributed by atoms with Gasteiger partial charge in [0.15, 0.2) is 0 Å². The number of carbonyl (C=O) groups is 2. The van der Waals surface area contributed by atoms with Crippen LogP contribution < -0.4 is 0 Å². The summed E-state index contributed by atoms with van der Waals surface area (Å²) < 4.78 is 4.98. The van der Waals surface area contributed by atoms with Crippen molar-refractivity contribution in [2.45, 2.75) is 32.1 Å². The lowest BCUT2D eigenvalue weighted by atomic mass is 9.89. The zero-order valence-corrected chi connectivity index (χ0v) is 11.7. The molecule has 0 spiro atoms. The topological polar surface area (TPSA) is 56.3 Å². The third-order valence-corrected chi connectivity index (χ3v) is 3.94. The Hall–Kier alpha value is -2.23. The number of rotatable bonds is 2. The van der Waals surface area contributed by atoms with Crippen molar-refractivity contribution in [3.05, 3.63) is 42.1 Å². The molecule has 0 unspecified atom stereocenters. The highest BCUT2D eigenvalue weighted by Crippen LogP contribution is 2.25. The molecular formula is C17H17NO3. The number of pyridine rings is 1. The Morgan fingerprint density at radius 2 is 1.76 bits per heavy atom. The first-order valence-corrected chi connectivity index (χ1v) is 7.36. The number of ether oxygens (including phenoxy) is 1. The number of nitrogens with zero attached hydrogens (tertiary/aromatic N) is 1. The monoisotopic (exact) mass is 283 g/mol. The van der Waals surface area contributed by atoms with Gasteiger partial charge in [-0.2, -0.15) is 0 Å². The van der Waals surface area contributed by atoms with E-state index < -0.39 is 11.9 Å². The van der Waals surface area contributed by atoms with E-state index in [-0.39, 0.29) is 11.6 Å². The fourth-order valence-corrected chi connectivity index (χ4v) is 2.74. The van der Waals surface area contributed by atoms with Gasteiger partial charge in [0.05, 0.1) is 11.4 Å². The number of benzene rings is 1. The summed E-state index contributed by atoms with van der Waals surface area (Å²) in [5.74, 6) is -1.20. The Balaban J connectivity index is 1.72. The van der Waals surface area contributed by atoms with E-state index in [0.717, 1.165) is 43.0 Å². The van der Waals surface area contributed by atoms with Crippen molar-refractivity contribution in [3.8, 4) is 0 Å². The molecule has 0 amide bonds. The molecule has 0 bridgehead atoms. The molecule has 1 fully saturated rings. The molecule has 0 aliphatic heterocycles. The SMILES string of the molecule is O=C(OC(=O)C1CCCCC1)c1ccc2ccccc2n1. The minimum atomic E-state index is -0.656. The second-order valence-electron chi connectivity index (χ2n) is 5.43. The van der Waals surface area contributed by atoms with Crippen LogP contribution in [-0.2, 0) is 9.53 Å². The first-order valence-electron chi connectivity index (χ1n) is 7.36. The van der Waals surface area contributed by atoms with Crippen molar-refractivity contribution in [3.63, 3.8) is 0 Å². The van der Waals surface area contributed by atoms with Gasteiger partial charge in [0.1, 0.15) is 5.69 Å². The summed E-state index contributed by atoms with van der Waals surface area (Å²) in [6, 6.07) is 10.9. The highest BCUT2D eigenvalue weighted by Gasteiger charge is 2.25. The molecule has 0 N–H and O–H groups in total. The number of carbonyl (C=O) groups excluding carboxylic acids is 2. The van der Waals surface area contributed by atoms with Gasteiger partial charge in [-0.05, 0) is 25.0 Å². The van der Waals surface area contributed by atoms with Crippen molar-refractivity contribution >= 4 is 22.8 Å². The van der Waals surface area contributed by atoms with Crippen LogP contribution >= 0.6 is 0 Å². The maximum atomic E-state index is 12.0. The predicted molar refractivity (Wildman–Crippen MR) is 78.7 cm³/mol. The van der Waals surface area contributed by atoms with Crippen LogP contribution in [0.4, 0.5) is 0 Å². The highest BCUT2D eigenvalue weighted by atomic mass is 16.6. The fraction of sp³-hybridized carbons (Fsp3) is 0.353. The Bertz CT molecular complexity index is 675. The van der Waals surface area contributed by atoms with E-state index in [1.165, 1.54) is 0 Å². The Kier molecular flexibility index (Phi) is 3.95. The van der Waals surface area contributed by atoms with Gasteiger partial charge in [-0.1, -0.05) is 43.5 Å². The summed E-state index contributed by atoms with van der Waals surface area (Å²) in [6.45, 7) is 0. The van der Waals surface area contributed by atoms with Gasteiger partial charge >= 0.3 is 11.9 Å². The normalized spacial score (nSPS) is 15.8. The Morgan fingerprint density at radius 1 is 1.00 bits per heavy atom. The van der Waals surface area contributed by atoms with Crippen molar-refractivity contribution in [1.82, 2.24) is 4.98 Å². The van der Waals surface area contributed by atoms with Crippen molar-refractivity contribution in [2.24, 2.45) is 5.92 Å². The molecule has 2 aromatic rings. The highest BCUT2D eigenvalue weighted by molar-refractivity contribution is 5.97. The minimum Gasteiger partial charge on any atom is -0.388 e. The number of fused-ring (bicyclic) bond motifs is 1. The molecule has 0 radical (unpaired) electrons. The summed E-state index contributed by atoms with van der Waals surface area (Å²) in [7, 11) is 0. The molecule has 1 heterocycles. The Morgan fingerprint density at radius 3 is 2.57 bits per heavy atom. The predicted octanol–water partition coefficient (Wildman–Crippen LogP) is 3.50. The maximum Gasteiger partial charge on any atom is 0.364 e. The molecular weight excluding hydrogens is 266 g/mol. The minimum absolute atomic E-state index is 0.136. The molecule has 108 valence electrons. The molecule has 1 aliphatic rings. The molecule has 1 aliphatic carbocycles. The number of hydrogen-bond acceptors (Lipinski definition) is 4. The number of aromatic nitrogens is 1. The van der Waals surface area contributed by atoms with Gasteiger partial charge in [-0.3, -0.25) is 4.79 Å². The molecule has 4 nitrogen and oxygen atoms in total. The second kappa shape index (κ2) is 6.04. The van der Waals surface area contributed by atoms with Crippen LogP contribution in [0.15, 0.2) is 36.4 Å². The van der Waals surface area contributed by atoms with E-state index >= 15 is 0 Å². The van der Waals surface area contributed by atoms with Crippen LogP contribution in [0.3, 0.4) is 0 Å². The molecule has 3 rings (SSSR count). The summed E-state index contributed by atoms with van der Waals surface area (Å²) in [5.41, 5.74) is 0.898. The molecule has 1 saturated carbocycles. The lowest BCUT2D eigenvalue weighted by Crippen LogP contribution is -2.23. The van der Waals surface area contributed by atoms with Gasteiger partial charge in [-0.25, -0.2) is 9.78 Å². The van der Waals surface area contributed by atoms with E-state index in [1.807, 2.05) is 30.3 Å². The number of esters is 2. The standard InChI is InChI=1S/C17H17NO3/c19-16(13-7-2-1-3-8-13)21-17(20)15-11-10-12-6-4-5-9-14(12)18-15/h4-6,9-11,13H,1-3,7-8H2. The van der Waals surface area contributed by atoms with E-state index in [4.69, 9.17) is 4.74 Å². The summed E-state index contributed by atoms with van der Waals surface area (Å²) in [5, 5.41) is 0.952. The lowest BCUT2D eigenvalue weighted by molar-refractivity contribution is -0.143. The van der Waals surface area contributed by atoms with E-state index in [1.54, 1.807) is 6.07 Å². The van der Waals surface area contributed by atoms with E-state index in [2.05, 4.69) is 4.98 Å². The van der Waals surface area contributed by atoms with Crippen molar-refractivity contribution in [1.29, 1.82) is 0 Å². The first kappa shape index (κ1) is 13.7. The molecule has 1 aromatic carbocycles. The van der Waals surface area contributed by atoms with E-state index in [0.29, 0.717) is 0 Å². The van der Waals surface area contributed by atoms with Crippen molar-refractivity contribution < 1.29 is 14.3 Å². The average Bonchev–Trinajstić information content (AvgIpc) is 2.55. The van der Waals surface area contributed by atoms with E-state index in [9.17, 15) is 9.59 Å². The van der Waals surface area contributed by atoms with Crippen molar-refractivity contribution in [2.75, 3.05) is 0 Å². The van der Waals surface area contributed by atoms with Crippen LogP contribution in [0.5, 0.6) is 0 Å². The van der Waals surface area contributed by atoms with Crippen LogP contribution in [-0.4, -0.2) is 16.9 Å². The molecule has 0 saturated heterocycles. The first-order chi connectivity index (χ1) is 10.2. The van der Waals surface area contributed by atoms with Gasteiger partial charge in [-0.15, -0.1) is 0 Å². The molecule has 4 heteroatoms. The van der Waals surface area contributed by atoms with Gasteiger partial charge in [0.2, 0.25) is 0 Å². The maximum absolute atomic E-state index is 12.0. The zero-order chi connectivity index (χ0) is 14.7. The summed E-state index contributed by atoms with van der Waals surface area (Å²) in [4.78, 5) is 28.3. The van der Waals surface area contributed by atoms with Crippen LogP contribution in [0.25, 0.3) is 10.9 Å². The molecule has 21 heavy (non-hydrogen) atoms. The van der Waals surface area contributed by atoms with Crippen LogP contribution in [0, 0.1) is 5.92 Å². The quantitative estimate of drug-likeness (QED) is 0.625. The third-order valence-electron chi connectivity index (χ3n) is 3.94. The number of para-hydroxylation sites is 1.